The lowest BCUT2D eigenvalue weighted by molar-refractivity contribution is 0.547. The lowest BCUT2D eigenvalue weighted by Gasteiger charge is -2.23. The van der Waals surface area contributed by atoms with Gasteiger partial charge in [0, 0.05) is 14.5 Å². The molecule has 1 nitrogen and oxygen atoms in total. The van der Waals surface area contributed by atoms with E-state index in [1.54, 1.807) is 0 Å². The van der Waals surface area contributed by atoms with Crippen LogP contribution in [0.15, 0.2) is 36.5 Å². The van der Waals surface area contributed by atoms with E-state index < -0.39 is 14.4 Å². The van der Waals surface area contributed by atoms with Crippen LogP contribution in [0.3, 0.4) is 0 Å². The Labute approximate surface area is 145 Å². The van der Waals surface area contributed by atoms with Crippen molar-refractivity contribution in [3.05, 3.63) is 47.7 Å². The molecule has 0 aliphatic heterocycles. The van der Waals surface area contributed by atoms with E-state index in [1.807, 2.05) is 18.3 Å². The Morgan fingerprint density at radius 3 is 2.57 bits per heavy atom. The number of rotatable bonds is 4. The average molecular weight is 326 g/mol. The molecule has 1 aromatic heterocycles. The lowest BCUT2D eigenvalue weighted by atomic mass is 9.97. The lowest BCUT2D eigenvalue weighted by Crippen LogP contribution is -2.41. The molecule has 0 N–H and O–H groups in total. The van der Waals surface area contributed by atoms with Crippen molar-refractivity contribution in [3.63, 3.8) is 0 Å². The summed E-state index contributed by atoms with van der Waals surface area (Å²) in [6.45, 7) is 8.93. The molecule has 0 saturated heterocycles. The Balaban J connectivity index is 2.14. The van der Waals surface area contributed by atoms with Crippen molar-refractivity contribution < 1.29 is 2.74 Å². The van der Waals surface area contributed by atoms with Gasteiger partial charge in [0.2, 0.25) is 0 Å². The molecule has 1 aliphatic rings. The van der Waals surface area contributed by atoms with Crippen LogP contribution in [0.5, 0.6) is 0 Å². The summed E-state index contributed by atoms with van der Waals surface area (Å²) in [6.07, 6.45) is 5.00. The van der Waals surface area contributed by atoms with Gasteiger partial charge in [0.05, 0.1) is 13.8 Å². The van der Waals surface area contributed by atoms with Gasteiger partial charge in [-0.05, 0) is 42.1 Å². The summed E-state index contributed by atoms with van der Waals surface area (Å²) < 4.78 is 17.9. The van der Waals surface area contributed by atoms with E-state index in [9.17, 15) is 0 Å². The summed E-state index contributed by atoms with van der Waals surface area (Å²) in [6, 6.07) is 10.4. The summed E-state index contributed by atoms with van der Waals surface area (Å²) in [5.41, 5.74) is 4.06. The first-order chi connectivity index (χ1) is 11.7. The van der Waals surface area contributed by atoms with Crippen LogP contribution in [0.25, 0.3) is 11.3 Å². The van der Waals surface area contributed by atoms with Crippen LogP contribution in [0, 0.1) is 12.8 Å². The predicted molar refractivity (Wildman–Crippen MR) is 103 cm³/mol. The van der Waals surface area contributed by atoms with E-state index >= 15 is 0 Å². The zero-order chi connectivity index (χ0) is 18.2. The van der Waals surface area contributed by atoms with Gasteiger partial charge in [0.15, 0.2) is 0 Å². The van der Waals surface area contributed by atoms with Gasteiger partial charge in [-0.15, -0.1) is 0 Å². The van der Waals surface area contributed by atoms with Crippen LogP contribution in [-0.2, 0) is 6.37 Å². The average Bonchev–Trinajstić information content (AvgIpc) is 3.09. The van der Waals surface area contributed by atoms with Crippen molar-refractivity contribution >= 4 is 13.3 Å². The number of aromatic nitrogens is 1. The number of benzene rings is 1. The summed E-state index contributed by atoms with van der Waals surface area (Å²) in [5.74, 6) is 0.135. The van der Waals surface area contributed by atoms with Gasteiger partial charge in [0.1, 0.15) is 0 Å². The van der Waals surface area contributed by atoms with Gasteiger partial charge in [-0.25, -0.2) is 0 Å². The molecule has 0 spiro atoms. The smallest absolute Gasteiger partial charge is 0.0799 e. The fourth-order valence-corrected chi connectivity index (χ4v) is 4.83. The fourth-order valence-electron chi connectivity index (χ4n) is 3.42. The number of nitrogens with zero attached hydrogens (tertiary/aromatic N) is 1. The van der Waals surface area contributed by atoms with Gasteiger partial charge in [-0.1, -0.05) is 69.1 Å². The topological polar surface area (TPSA) is 12.9 Å². The van der Waals surface area contributed by atoms with Crippen molar-refractivity contribution in [1.82, 2.24) is 4.98 Å². The minimum absolute atomic E-state index is 0.135. The Kier molecular flexibility index (Phi) is 4.01. The molecule has 1 aliphatic carbocycles. The molecule has 2 aromatic rings. The van der Waals surface area contributed by atoms with Crippen LogP contribution in [0.1, 0.15) is 39.6 Å². The Hall–Kier alpha value is -1.41. The van der Waals surface area contributed by atoms with Gasteiger partial charge >= 0.3 is 0 Å². The normalized spacial score (nSPS) is 17.9. The molecule has 0 atom stereocenters. The number of aryl methyl sites for hydroxylation is 1. The summed E-state index contributed by atoms with van der Waals surface area (Å²) in [5, 5.41) is 1.17. The molecule has 0 unspecified atom stereocenters. The van der Waals surface area contributed by atoms with Crippen LogP contribution < -0.4 is 5.19 Å². The molecular weight excluding hydrogens is 294 g/mol. The second kappa shape index (κ2) is 6.60. The third-order valence-electron chi connectivity index (χ3n) is 4.74. The Morgan fingerprint density at radius 2 is 1.91 bits per heavy atom. The summed E-state index contributed by atoms with van der Waals surface area (Å²) in [4.78, 5) is 4.73. The summed E-state index contributed by atoms with van der Waals surface area (Å²) in [7, 11) is -1.68. The maximum Gasteiger partial charge on any atom is 0.0799 e. The molecule has 23 heavy (non-hydrogen) atoms. The van der Waals surface area contributed by atoms with E-state index in [0.717, 1.165) is 42.5 Å². The zero-order valence-corrected chi connectivity index (χ0v) is 15.8. The van der Waals surface area contributed by atoms with Crippen LogP contribution in [0.4, 0.5) is 0 Å². The second-order valence-electron chi connectivity index (χ2n) is 7.86. The van der Waals surface area contributed by atoms with Crippen molar-refractivity contribution in [3.8, 4) is 11.3 Å². The Morgan fingerprint density at radius 1 is 1.17 bits per heavy atom. The standard InChI is InChI=1S/C21H29NSi/c1-16-8-7-11-18(12-16)20-14-19(13-17-9-5-6-10-17)21(15-22-20)23(2,3)4/h7-8,11-12,14-15,17H,5-6,9-10,13H2,1-4H3/i13D2. The highest BCUT2D eigenvalue weighted by Crippen LogP contribution is 2.29. The fraction of sp³-hybridized carbons (Fsp3) is 0.476. The maximum absolute atomic E-state index is 8.95. The predicted octanol–water partition coefficient (Wildman–Crippen LogP) is 5.33. The molecule has 1 saturated carbocycles. The third kappa shape index (κ3) is 3.92. The molecule has 1 fully saturated rings. The van der Waals surface area contributed by atoms with Crippen molar-refractivity contribution in [1.29, 1.82) is 0 Å². The molecular formula is C21H29NSi. The first-order valence-electron chi connectivity index (χ1n) is 9.77. The van der Waals surface area contributed by atoms with Gasteiger partial charge < -0.3 is 0 Å². The van der Waals surface area contributed by atoms with Crippen molar-refractivity contribution in [2.24, 2.45) is 5.92 Å². The zero-order valence-electron chi connectivity index (χ0n) is 16.8. The van der Waals surface area contributed by atoms with E-state index in [2.05, 4.69) is 44.8 Å². The monoisotopic (exact) mass is 325 g/mol. The van der Waals surface area contributed by atoms with E-state index in [0.29, 0.717) is 0 Å². The van der Waals surface area contributed by atoms with Gasteiger partial charge in [-0.2, -0.15) is 0 Å². The largest absolute Gasteiger partial charge is 0.256 e. The molecule has 0 amide bonds. The first-order valence-corrected chi connectivity index (χ1v) is 12.3. The van der Waals surface area contributed by atoms with E-state index in [1.165, 1.54) is 10.8 Å². The van der Waals surface area contributed by atoms with Crippen molar-refractivity contribution in [2.75, 3.05) is 0 Å². The SMILES string of the molecule is [2H]C([2H])(c1cc(-c2cccc(C)c2)ncc1[Si](C)(C)C)C1CCCC1. The molecule has 1 aromatic carbocycles. The first kappa shape index (κ1) is 14.0. The minimum atomic E-state index is -1.68. The molecule has 0 radical (unpaired) electrons. The van der Waals surface area contributed by atoms with E-state index in [4.69, 9.17) is 7.73 Å². The highest BCUT2D eigenvalue weighted by atomic mass is 28.3. The molecule has 122 valence electrons. The Bertz CT molecular complexity index is 759. The van der Waals surface area contributed by atoms with Crippen LogP contribution >= 0.6 is 0 Å². The summed E-state index contributed by atoms with van der Waals surface area (Å²) >= 11 is 0. The third-order valence-corrected chi connectivity index (χ3v) is 6.76. The number of hydrogen-bond acceptors (Lipinski definition) is 1. The van der Waals surface area contributed by atoms with Crippen molar-refractivity contribution in [2.45, 2.75) is 58.6 Å². The molecule has 2 heteroatoms. The van der Waals surface area contributed by atoms with E-state index in [-0.39, 0.29) is 5.92 Å². The molecule has 0 bridgehead atoms. The van der Waals surface area contributed by atoms with Crippen LogP contribution in [0.2, 0.25) is 19.6 Å². The maximum atomic E-state index is 8.95. The van der Waals surface area contributed by atoms with Crippen LogP contribution in [-0.4, -0.2) is 13.1 Å². The van der Waals surface area contributed by atoms with Gasteiger partial charge in [-0.3, -0.25) is 4.98 Å². The number of hydrogen-bond donors (Lipinski definition) is 0. The molecule has 1 heterocycles. The highest BCUT2D eigenvalue weighted by molar-refractivity contribution is 6.89. The van der Waals surface area contributed by atoms with Gasteiger partial charge in [0.25, 0.3) is 0 Å². The quantitative estimate of drug-likeness (QED) is 0.692. The highest BCUT2D eigenvalue weighted by Gasteiger charge is 2.24. The number of pyridine rings is 1. The molecule has 3 rings (SSSR count). The minimum Gasteiger partial charge on any atom is -0.256 e. The second-order valence-corrected chi connectivity index (χ2v) is 12.9.